The highest BCUT2D eigenvalue weighted by Crippen LogP contribution is 1.98. The lowest BCUT2D eigenvalue weighted by Crippen LogP contribution is -2.17. The van der Waals surface area contributed by atoms with Gasteiger partial charge < -0.3 is 9.72 Å². The zero-order valence-corrected chi connectivity index (χ0v) is 8.74. The van der Waals surface area contributed by atoms with E-state index in [4.69, 9.17) is 4.74 Å². The number of hydrogen-bond donors (Lipinski definition) is 1. The topological polar surface area (TPSA) is 59.2 Å². The van der Waals surface area contributed by atoms with E-state index < -0.39 is 5.97 Å². The normalized spacial score (nSPS) is 10.5. The largest absolute Gasteiger partial charge is 0.462 e. The first kappa shape index (κ1) is 11.2. The number of allylic oxidation sites excluding steroid dienone is 1. The molecule has 0 radical (unpaired) electrons. The van der Waals surface area contributed by atoms with Gasteiger partial charge in [-0.25, -0.2) is 4.79 Å². The van der Waals surface area contributed by atoms with Gasteiger partial charge in [0.05, 0.1) is 6.61 Å². The fraction of sp³-hybridized carbons (Fsp3) is 0.273. The van der Waals surface area contributed by atoms with Crippen LogP contribution in [0.4, 0.5) is 0 Å². The average molecular weight is 207 g/mol. The Morgan fingerprint density at radius 2 is 2.33 bits per heavy atom. The summed E-state index contributed by atoms with van der Waals surface area (Å²) < 4.78 is 4.73. The van der Waals surface area contributed by atoms with Gasteiger partial charge in [-0.15, -0.1) is 0 Å². The number of ether oxygens (including phenoxy) is 1. The number of carbonyl (C=O) groups is 1. The van der Waals surface area contributed by atoms with Gasteiger partial charge in [-0.05, 0) is 19.9 Å². The monoisotopic (exact) mass is 207 g/mol. The summed E-state index contributed by atoms with van der Waals surface area (Å²) in [6.45, 7) is 3.80. The molecule has 0 aromatic carbocycles. The highest BCUT2D eigenvalue weighted by Gasteiger charge is 2.10. The van der Waals surface area contributed by atoms with Crippen molar-refractivity contribution in [2.75, 3.05) is 6.61 Å². The summed E-state index contributed by atoms with van der Waals surface area (Å²) >= 11 is 0. The minimum absolute atomic E-state index is 0.0325. The Morgan fingerprint density at radius 3 is 2.87 bits per heavy atom. The third-order valence-electron chi connectivity index (χ3n) is 1.78. The molecule has 0 aliphatic rings. The number of nitrogens with one attached hydrogen (secondary N) is 1. The molecule has 0 amide bonds. The third kappa shape index (κ3) is 2.80. The van der Waals surface area contributed by atoms with Gasteiger partial charge >= 0.3 is 5.97 Å². The van der Waals surface area contributed by atoms with Crippen LogP contribution < -0.4 is 5.43 Å². The Morgan fingerprint density at radius 1 is 1.60 bits per heavy atom. The minimum atomic E-state index is -0.592. The molecule has 1 rings (SSSR count). The first-order chi connectivity index (χ1) is 7.19. The van der Waals surface area contributed by atoms with Crippen LogP contribution in [0.1, 0.15) is 29.9 Å². The van der Waals surface area contributed by atoms with Crippen LogP contribution in [0.2, 0.25) is 0 Å². The van der Waals surface area contributed by atoms with Crippen molar-refractivity contribution in [3.63, 3.8) is 0 Å². The molecule has 0 atom stereocenters. The van der Waals surface area contributed by atoms with E-state index in [1.165, 1.54) is 12.3 Å². The number of H-pyrrole nitrogens is 1. The minimum Gasteiger partial charge on any atom is -0.462 e. The molecule has 0 saturated carbocycles. The van der Waals surface area contributed by atoms with Crippen LogP contribution >= 0.6 is 0 Å². The second kappa shape index (κ2) is 5.14. The van der Waals surface area contributed by atoms with Gasteiger partial charge in [0.25, 0.3) is 0 Å². The molecule has 4 nitrogen and oxygen atoms in total. The van der Waals surface area contributed by atoms with Gasteiger partial charge in [0.1, 0.15) is 5.56 Å². The Bertz CT molecular complexity index is 432. The van der Waals surface area contributed by atoms with Gasteiger partial charge in [0.2, 0.25) is 0 Å². The first-order valence-electron chi connectivity index (χ1n) is 4.71. The van der Waals surface area contributed by atoms with E-state index in [2.05, 4.69) is 4.98 Å². The molecule has 0 bridgehead atoms. The second-order valence-electron chi connectivity index (χ2n) is 2.89. The van der Waals surface area contributed by atoms with E-state index in [1.807, 2.05) is 6.92 Å². The molecule has 4 heteroatoms. The number of rotatable bonds is 3. The van der Waals surface area contributed by atoms with Crippen LogP contribution in [0.15, 0.2) is 23.1 Å². The van der Waals surface area contributed by atoms with Crippen molar-refractivity contribution in [2.45, 2.75) is 13.8 Å². The molecule has 80 valence electrons. The highest BCUT2D eigenvalue weighted by molar-refractivity contribution is 5.89. The molecule has 0 spiro atoms. The molecule has 1 N–H and O–H groups in total. The smallest absolute Gasteiger partial charge is 0.343 e. The summed E-state index contributed by atoms with van der Waals surface area (Å²) in [5.74, 6) is -0.592. The SMILES string of the molecule is C/C=C/c1cc(=O)c(C(=O)OCC)c[nH]1. The van der Waals surface area contributed by atoms with Crippen LogP contribution in [-0.2, 0) is 4.74 Å². The van der Waals surface area contributed by atoms with Crippen LogP contribution in [0.25, 0.3) is 6.08 Å². The standard InChI is InChI=1S/C11H13NO3/c1-3-5-8-6-10(13)9(7-12-8)11(14)15-4-2/h3,5-7H,4H2,1-2H3,(H,12,13)/b5-3+. The van der Waals surface area contributed by atoms with Gasteiger partial charge in [0, 0.05) is 18.0 Å². The van der Waals surface area contributed by atoms with Crippen molar-refractivity contribution >= 4 is 12.0 Å². The fourth-order valence-electron chi connectivity index (χ4n) is 1.13. The highest BCUT2D eigenvalue weighted by atomic mass is 16.5. The zero-order chi connectivity index (χ0) is 11.3. The van der Waals surface area contributed by atoms with E-state index >= 15 is 0 Å². The molecule has 0 unspecified atom stereocenters. The predicted octanol–water partition coefficient (Wildman–Crippen LogP) is 1.58. The van der Waals surface area contributed by atoms with Gasteiger partial charge in [-0.1, -0.05) is 6.08 Å². The van der Waals surface area contributed by atoms with Crippen molar-refractivity contribution in [2.24, 2.45) is 0 Å². The van der Waals surface area contributed by atoms with Gasteiger partial charge in [-0.3, -0.25) is 4.79 Å². The van der Waals surface area contributed by atoms with Crippen LogP contribution in [0.3, 0.4) is 0 Å². The quantitative estimate of drug-likeness (QED) is 0.765. The zero-order valence-electron chi connectivity index (χ0n) is 8.74. The van der Waals surface area contributed by atoms with Gasteiger partial charge in [0.15, 0.2) is 5.43 Å². The number of esters is 1. The van der Waals surface area contributed by atoms with Crippen LogP contribution in [0, 0.1) is 0 Å². The lowest BCUT2D eigenvalue weighted by atomic mass is 10.2. The molecule has 1 aromatic rings. The Kier molecular flexibility index (Phi) is 3.85. The molecule has 15 heavy (non-hydrogen) atoms. The fourth-order valence-corrected chi connectivity index (χ4v) is 1.13. The van der Waals surface area contributed by atoms with E-state index in [9.17, 15) is 9.59 Å². The predicted molar refractivity (Wildman–Crippen MR) is 57.7 cm³/mol. The number of aromatic amines is 1. The third-order valence-corrected chi connectivity index (χ3v) is 1.78. The van der Waals surface area contributed by atoms with Crippen molar-refractivity contribution < 1.29 is 9.53 Å². The van der Waals surface area contributed by atoms with Crippen LogP contribution in [-0.4, -0.2) is 17.6 Å². The summed E-state index contributed by atoms with van der Waals surface area (Å²) in [7, 11) is 0. The lowest BCUT2D eigenvalue weighted by molar-refractivity contribution is 0.0524. The van der Waals surface area contributed by atoms with Crippen molar-refractivity contribution in [3.05, 3.63) is 39.8 Å². The second-order valence-corrected chi connectivity index (χ2v) is 2.89. The van der Waals surface area contributed by atoms with Crippen molar-refractivity contribution in [1.29, 1.82) is 0 Å². The van der Waals surface area contributed by atoms with Crippen molar-refractivity contribution in [1.82, 2.24) is 4.98 Å². The number of carbonyl (C=O) groups excluding carboxylic acids is 1. The lowest BCUT2D eigenvalue weighted by Gasteiger charge is -2.01. The number of aromatic nitrogens is 1. The molecule has 0 aliphatic heterocycles. The summed E-state index contributed by atoms with van der Waals surface area (Å²) in [5.41, 5.74) is 0.362. The first-order valence-corrected chi connectivity index (χ1v) is 4.71. The molecule has 1 heterocycles. The van der Waals surface area contributed by atoms with E-state index in [1.54, 1.807) is 19.1 Å². The number of hydrogen-bond acceptors (Lipinski definition) is 3. The Hall–Kier alpha value is -1.84. The summed E-state index contributed by atoms with van der Waals surface area (Å²) in [6.07, 6.45) is 4.92. The maximum atomic E-state index is 11.5. The van der Waals surface area contributed by atoms with E-state index in [-0.39, 0.29) is 17.6 Å². The van der Waals surface area contributed by atoms with Crippen LogP contribution in [0.5, 0.6) is 0 Å². The van der Waals surface area contributed by atoms with E-state index in [0.717, 1.165) is 0 Å². The summed E-state index contributed by atoms with van der Waals surface area (Å²) in [6, 6.07) is 1.37. The Labute approximate surface area is 87.6 Å². The molecule has 1 aromatic heterocycles. The maximum absolute atomic E-state index is 11.5. The van der Waals surface area contributed by atoms with Gasteiger partial charge in [-0.2, -0.15) is 0 Å². The summed E-state index contributed by atoms with van der Waals surface area (Å²) in [4.78, 5) is 25.6. The number of pyridine rings is 1. The molecule has 0 saturated heterocycles. The Balaban J connectivity index is 3.03. The maximum Gasteiger partial charge on any atom is 0.343 e. The molecule has 0 aliphatic carbocycles. The molecular formula is C11H13NO3. The van der Waals surface area contributed by atoms with E-state index in [0.29, 0.717) is 5.69 Å². The molecular weight excluding hydrogens is 194 g/mol. The molecule has 0 fully saturated rings. The average Bonchev–Trinajstić information content (AvgIpc) is 2.18. The van der Waals surface area contributed by atoms with Crippen molar-refractivity contribution in [3.8, 4) is 0 Å². The summed E-state index contributed by atoms with van der Waals surface area (Å²) in [5, 5.41) is 0.